The van der Waals surface area contributed by atoms with Crippen LogP contribution in [0.25, 0.3) is 0 Å². The van der Waals surface area contributed by atoms with Gasteiger partial charge >= 0.3 is 6.09 Å². The second-order valence-corrected chi connectivity index (χ2v) is 8.06. The highest BCUT2D eigenvalue weighted by Gasteiger charge is 2.31. The van der Waals surface area contributed by atoms with Crippen molar-refractivity contribution in [3.63, 3.8) is 0 Å². The second kappa shape index (κ2) is 8.37. The average Bonchev–Trinajstić information content (AvgIpc) is 3.11. The molecule has 1 aliphatic rings. The first-order valence-electron chi connectivity index (χ1n) is 9.45. The number of benzene rings is 1. The Kier molecular flexibility index (Phi) is 6.04. The molecule has 2 amide bonds. The van der Waals surface area contributed by atoms with Crippen LogP contribution in [0.1, 0.15) is 32.2 Å². The molecule has 7 nitrogen and oxygen atoms in total. The van der Waals surface area contributed by atoms with Crippen LogP contribution in [0.3, 0.4) is 0 Å². The molecular formula is C20H23F3N4O3. The molecule has 0 bridgehead atoms. The number of hydrogen-bond donors (Lipinski definition) is 1. The number of imidazole rings is 1. The number of carbonyl (C=O) groups is 2. The van der Waals surface area contributed by atoms with E-state index in [1.54, 1.807) is 33.2 Å². The first-order valence-corrected chi connectivity index (χ1v) is 9.45. The number of alkyl carbamates (subject to hydrolysis) is 1. The molecule has 3 rings (SSSR count). The van der Waals surface area contributed by atoms with Crippen molar-refractivity contribution in [3.8, 4) is 0 Å². The van der Waals surface area contributed by atoms with Gasteiger partial charge in [0, 0.05) is 38.0 Å². The lowest BCUT2D eigenvalue weighted by atomic mass is 10.0. The number of carbonyl (C=O) groups excluding carboxylic acids is 2. The van der Waals surface area contributed by atoms with Gasteiger partial charge in [0.2, 0.25) is 5.91 Å². The van der Waals surface area contributed by atoms with Gasteiger partial charge in [-0.15, -0.1) is 0 Å². The lowest BCUT2D eigenvalue weighted by molar-refractivity contribution is -0.135. The first kappa shape index (κ1) is 21.7. The quantitative estimate of drug-likeness (QED) is 0.766. The predicted molar refractivity (Wildman–Crippen MR) is 101 cm³/mol. The van der Waals surface area contributed by atoms with Crippen LogP contribution in [0.5, 0.6) is 0 Å². The molecule has 1 aromatic carbocycles. The summed E-state index contributed by atoms with van der Waals surface area (Å²) in [6, 6.07) is -0.136. The maximum Gasteiger partial charge on any atom is 0.408 e. The van der Waals surface area contributed by atoms with Crippen LogP contribution >= 0.6 is 0 Å². The molecule has 162 valence electrons. The van der Waals surface area contributed by atoms with E-state index in [-0.39, 0.29) is 18.5 Å². The highest BCUT2D eigenvalue weighted by atomic mass is 19.2. The third kappa shape index (κ3) is 5.11. The number of fused-ring (bicyclic) bond motifs is 1. The third-order valence-corrected chi connectivity index (χ3v) is 4.56. The minimum Gasteiger partial charge on any atom is -0.444 e. The fourth-order valence-corrected chi connectivity index (χ4v) is 3.17. The molecule has 30 heavy (non-hydrogen) atoms. The Morgan fingerprint density at radius 1 is 1.17 bits per heavy atom. The molecule has 0 spiro atoms. The Bertz CT molecular complexity index is 955. The van der Waals surface area contributed by atoms with Gasteiger partial charge in [-0.25, -0.2) is 22.9 Å². The zero-order valence-corrected chi connectivity index (χ0v) is 16.9. The number of ether oxygens (including phenoxy) is 1. The maximum absolute atomic E-state index is 14.2. The van der Waals surface area contributed by atoms with Gasteiger partial charge < -0.3 is 19.5 Å². The van der Waals surface area contributed by atoms with Gasteiger partial charge in [0.25, 0.3) is 0 Å². The van der Waals surface area contributed by atoms with Gasteiger partial charge in [0.05, 0.1) is 6.54 Å². The number of rotatable bonds is 4. The van der Waals surface area contributed by atoms with Crippen LogP contribution in [0.15, 0.2) is 24.5 Å². The average molecular weight is 424 g/mol. The van der Waals surface area contributed by atoms with Crippen molar-refractivity contribution in [1.29, 1.82) is 0 Å². The van der Waals surface area contributed by atoms with Gasteiger partial charge in [0.1, 0.15) is 23.3 Å². The van der Waals surface area contributed by atoms with Crippen LogP contribution in [-0.4, -0.2) is 44.6 Å². The van der Waals surface area contributed by atoms with Crippen molar-refractivity contribution < 1.29 is 27.5 Å². The van der Waals surface area contributed by atoms with E-state index in [1.807, 2.05) is 4.57 Å². The van der Waals surface area contributed by atoms with Gasteiger partial charge in [-0.2, -0.15) is 0 Å². The van der Waals surface area contributed by atoms with E-state index in [9.17, 15) is 22.8 Å². The number of halogens is 3. The fourth-order valence-electron chi connectivity index (χ4n) is 3.17. The van der Waals surface area contributed by atoms with Crippen molar-refractivity contribution in [2.45, 2.75) is 51.9 Å². The molecular weight excluding hydrogens is 401 g/mol. The maximum atomic E-state index is 14.2. The van der Waals surface area contributed by atoms with Crippen molar-refractivity contribution in [2.24, 2.45) is 0 Å². The molecule has 1 aromatic heterocycles. The molecule has 2 aromatic rings. The molecule has 1 unspecified atom stereocenters. The highest BCUT2D eigenvalue weighted by molar-refractivity contribution is 5.86. The number of aromatic nitrogens is 2. The zero-order valence-electron chi connectivity index (χ0n) is 16.9. The Morgan fingerprint density at radius 3 is 2.57 bits per heavy atom. The van der Waals surface area contributed by atoms with Crippen molar-refractivity contribution >= 4 is 12.0 Å². The standard InChI is InChI=1S/C20H23F3N4O3/c1-20(2,3)30-19(29)25-16(9-12-8-14(22)15(23)10-13(12)21)18(28)27-7-6-26-5-4-24-17(26)11-27/h4-5,8,10,16H,6-7,9,11H2,1-3H3,(H,25,29). The lowest BCUT2D eigenvalue weighted by Crippen LogP contribution is -2.52. The molecule has 10 heteroatoms. The summed E-state index contributed by atoms with van der Waals surface area (Å²) >= 11 is 0. The van der Waals surface area contributed by atoms with E-state index < -0.39 is 41.1 Å². The molecule has 2 heterocycles. The number of nitrogens with zero attached hydrogens (tertiary/aromatic N) is 3. The molecule has 0 saturated heterocycles. The lowest BCUT2D eigenvalue weighted by Gasteiger charge is -2.31. The summed E-state index contributed by atoms with van der Waals surface area (Å²) in [5.41, 5.74) is -1.05. The number of hydrogen-bond acceptors (Lipinski definition) is 4. The summed E-state index contributed by atoms with van der Waals surface area (Å²) in [4.78, 5) is 31.0. The monoisotopic (exact) mass is 424 g/mol. The Morgan fingerprint density at radius 2 is 1.87 bits per heavy atom. The van der Waals surface area contributed by atoms with Crippen molar-refractivity contribution in [3.05, 3.63) is 53.4 Å². The minimum absolute atomic E-state index is 0.207. The van der Waals surface area contributed by atoms with Gasteiger partial charge in [-0.3, -0.25) is 4.79 Å². The molecule has 1 aliphatic heterocycles. The van der Waals surface area contributed by atoms with E-state index in [2.05, 4.69) is 10.3 Å². The largest absolute Gasteiger partial charge is 0.444 e. The van der Waals surface area contributed by atoms with Gasteiger partial charge in [-0.05, 0) is 32.4 Å². The highest BCUT2D eigenvalue weighted by Crippen LogP contribution is 2.18. The Hall–Kier alpha value is -3.04. The SMILES string of the molecule is CC(C)(C)OC(=O)NC(Cc1cc(F)c(F)cc1F)C(=O)N1CCn2ccnc2C1. The summed E-state index contributed by atoms with van der Waals surface area (Å²) in [6.07, 6.45) is 2.18. The molecule has 0 radical (unpaired) electrons. The predicted octanol–water partition coefficient (Wildman–Crippen LogP) is 2.78. The van der Waals surface area contributed by atoms with E-state index in [1.165, 1.54) is 4.90 Å². The third-order valence-electron chi connectivity index (χ3n) is 4.56. The molecule has 0 aliphatic carbocycles. The van der Waals surface area contributed by atoms with Crippen molar-refractivity contribution in [2.75, 3.05) is 6.54 Å². The van der Waals surface area contributed by atoms with E-state index >= 15 is 0 Å². The van der Waals surface area contributed by atoms with E-state index in [0.29, 0.717) is 31.0 Å². The molecule has 1 N–H and O–H groups in total. The Labute approximate surface area is 171 Å². The van der Waals surface area contributed by atoms with Crippen LogP contribution < -0.4 is 5.32 Å². The fraction of sp³-hybridized carbons (Fsp3) is 0.450. The van der Waals surface area contributed by atoms with Crippen LogP contribution in [0, 0.1) is 17.5 Å². The smallest absolute Gasteiger partial charge is 0.408 e. The summed E-state index contributed by atoms with van der Waals surface area (Å²) in [7, 11) is 0. The number of amides is 2. The van der Waals surface area contributed by atoms with Gasteiger partial charge in [0.15, 0.2) is 11.6 Å². The normalized spacial score (nSPS) is 14.8. The van der Waals surface area contributed by atoms with Crippen LogP contribution in [-0.2, 0) is 29.0 Å². The summed E-state index contributed by atoms with van der Waals surface area (Å²) in [5, 5.41) is 2.44. The van der Waals surface area contributed by atoms with Gasteiger partial charge in [-0.1, -0.05) is 0 Å². The topological polar surface area (TPSA) is 76.5 Å². The summed E-state index contributed by atoms with van der Waals surface area (Å²) in [6.45, 7) is 6.04. The summed E-state index contributed by atoms with van der Waals surface area (Å²) in [5.74, 6) is -3.41. The molecule has 1 atom stereocenters. The molecule has 0 fully saturated rings. The molecule has 0 saturated carbocycles. The Balaban J connectivity index is 1.83. The van der Waals surface area contributed by atoms with Crippen LogP contribution in [0.4, 0.5) is 18.0 Å². The van der Waals surface area contributed by atoms with Crippen LogP contribution in [0.2, 0.25) is 0 Å². The minimum atomic E-state index is -1.33. The van der Waals surface area contributed by atoms with E-state index in [0.717, 1.165) is 0 Å². The zero-order chi connectivity index (χ0) is 22.1. The van der Waals surface area contributed by atoms with E-state index in [4.69, 9.17) is 4.74 Å². The second-order valence-electron chi connectivity index (χ2n) is 8.06. The summed E-state index contributed by atoms with van der Waals surface area (Å²) < 4.78 is 48.1. The number of nitrogens with one attached hydrogen (secondary N) is 1. The van der Waals surface area contributed by atoms with Crippen molar-refractivity contribution in [1.82, 2.24) is 19.8 Å². The first-order chi connectivity index (χ1) is 14.0.